The molecule has 1 atom stereocenters. The number of nitrogens with zero attached hydrogens (tertiary/aromatic N) is 1. The molecule has 118 valence electrons. The molecule has 0 unspecified atom stereocenters. The van der Waals surface area contributed by atoms with E-state index in [4.69, 9.17) is 4.74 Å². The molecular formula is C13H18BrNO4S2. The Morgan fingerprint density at radius 1 is 1.43 bits per heavy atom. The normalized spacial score (nSPS) is 20.7. The zero-order valence-electron chi connectivity index (χ0n) is 12.1. The number of rotatable bonds is 3. The van der Waals surface area contributed by atoms with Crippen LogP contribution in [0.3, 0.4) is 0 Å². The highest BCUT2D eigenvalue weighted by molar-refractivity contribution is 9.11. The lowest BCUT2D eigenvalue weighted by atomic mass is 10.2. The van der Waals surface area contributed by atoms with Crippen molar-refractivity contribution < 1.29 is 17.9 Å². The van der Waals surface area contributed by atoms with Gasteiger partial charge in [-0.1, -0.05) is 0 Å². The molecule has 2 rings (SSSR count). The van der Waals surface area contributed by atoms with E-state index < -0.39 is 27.6 Å². The number of carbonyl (C=O) groups excluding carboxylic acids is 1. The maximum absolute atomic E-state index is 12.6. The second kappa shape index (κ2) is 5.98. The summed E-state index contributed by atoms with van der Waals surface area (Å²) < 4.78 is 32.9. The molecule has 0 spiro atoms. The second-order valence-electron chi connectivity index (χ2n) is 5.87. The van der Waals surface area contributed by atoms with Gasteiger partial charge in [0.2, 0.25) is 0 Å². The third kappa shape index (κ3) is 3.85. The molecule has 0 bridgehead atoms. The first kappa shape index (κ1) is 16.9. The van der Waals surface area contributed by atoms with E-state index in [0.29, 0.717) is 19.4 Å². The number of sulfonamides is 1. The van der Waals surface area contributed by atoms with Crippen LogP contribution in [0.15, 0.2) is 20.1 Å². The van der Waals surface area contributed by atoms with E-state index in [1.54, 1.807) is 32.9 Å². The Balaban J connectivity index is 2.24. The fourth-order valence-corrected chi connectivity index (χ4v) is 5.97. The van der Waals surface area contributed by atoms with Crippen LogP contribution in [0.5, 0.6) is 0 Å². The van der Waals surface area contributed by atoms with E-state index in [0.717, 1.165) is 15.1 Å². The maximum Gasteiger partial charge on any atom is 0.324 e. The molecule has 1 aliphatic rings. The van der Waals surface area contributed by atoms with Crippen LogP contribution in [-0.2, 0) is 19.6 Å². The molecule has 0 radical (unpaired) electrons. The smallest absolute Gasteiger partial charge is 0.324 e. The summed E-state index contributed by atoms with van der Waals surface area (Å²) in [6.07, 6.45) is 1.16. The molecule has 1 aromatic rings. The molecule has 1 aliphatic heterocycles. The molecule has 8 heteroatoms. The Morgan fingerprint density at radius 3 is 2.62 bits per heavy atom. The Kier molecular flexibility index (Phi) is 4.82. The van der Waals surface area contributed by atoms with Crippen LogP contribution < -0.4 is 0 Å². The number of hydrogen-bond donors (Lipinski definition) is 0. The molecule has 0 aliphatic carbocycles. The van der Waals surface area contributed by atoms with Crippen LogP contribution in [0.25, 0.3) is 0 Å². The van der Waals surface area contributed by atoms with E-state index >= 15 is 0 Å². The Hall–Kier alpha value is -0.440. The van der Waals surface area contributed by atoms with Gasteiger partial charge in [-0.05, 0) is 61.7 Å². The number of esters is 1. The minimum Gasteiger partial charge on any atom is -0.459 e. The average Bonchev–Trinajstić information content (AvgIpc) is 2.94. The summed E-state index contributed by atoms with van der Waals surface area (Å²) in [6.45, 7) is 5.67. The summed E-state index contributed by atoms with van der Waals surface area (Å²) in [6, 6.07) is 2.51. The van der Waals surface area contributed by atoms with Crippen molar-refractivity contribution in [2.45, 2.75) is 49.5 Å². The SMILES string of the molecule is CC(C)(C)OC(=O)[C@H]1CCCN1S(=O)(=O)c1ccc(Br)s1. The Labute approximate surface area is 137 Å². The number of halogens is 1. The van der Waals surface area contributed by atoms with Crippen molar-refractivity contribution in [3.8, 4) is 0 Å². The van der Waals surface area contributed by atoms with Crippen LogP contribution in [0, 0.1) is 0 Å². The zero-order chi connectivity index (χ0) is 15.8. The van der Waals surface area contributed by atoms with Gasteiger partial charge in [0.25, 0.3) is 10.0 Å². The molecule has 1 saturated heterocycles. The summed E-state index contributed by atoms with van der Waals surface area (Å²) in [5.41, 5.74) is -0.624. The predicted molar refractivity (Wildman–Crippen MR) is 84.8 cm³/mol. The number of ether oxygens (including phenoxy) is 1. The molecule has 0 aromatic carbocycles. The highest BCUT2D eigenvalue weighted by Crippen LogP contribution is 2.33. The highest BCUT2D eigenvalue weighted by Gasteiger charge is 2.41. The summed E-state index contributed by atoms with van der Waals surface area (Å²) >= 11 is 4.40. The largest absolute Gasteiger partial charge is 0.459 e. The third-order valence-corrected chi connectivity index (χ3v) is 6.99. The number of thiophene rings is 1. The van der Waals surface area contributed by atoms with Crippen molar-refractivity contribution in [3.63, 3.8) is 0 Å². The minimum absolute atomic E-state index is 0.241. The second-order valence-corrected chi connectivity index (χ2v) is 10.4. The van der Waals surface area contributed by atoms with Gasteiger partial charge in [-0.2, -0.15) is 4.31 Å². The summed E-state index contributed by atoms with van der Waals surface area (Å²) in [7, 11) is -3.65. The molecule has 5 nitrogen and oxygen atoms in total. The van der Waals surface area contributed by atoms with Gasteiger partial charge in [-0.3, -0.25) is 4.79 Å². The number of hydrogen-bond acceptors (Lipinski definition) is 5. The molecular weight excluding hydrogens is 378 g/mol. The Bertz CT molecular complexity index is 633. The predicted octanol–water partition coefficient (Wildman–Crippen LogP) is 3.01. The minimum atomic E-state index is -3.65. The lowest BCUT2D eigenvalue weighted by Gasteiger charge is -2.26. The van der Waals surface area contributed by atoms with Gasteiger partial charge in [0.1, 0.15) is 15.9 Å². The van der Waals surface area contributed by atoms with Crippen LogP contribution in [0.2, 0.25) is 0 Å². The molecule has 1 fully saturated rings. The van der Waals surface area contributed by atoms with Crippen molar-refractivity contribution in [2.24, 2.45) is 0 Å². The van der Waals surface area contributed by atoms with Crippen LogP contribution in [0.1, 0.15) is 33.6 Å². The fraction of sp³-hybridized carbons (Fsp3) is 0.615. The molecule has 0 amide bonds. The van der Waals surface area contributed by atoms with E-state index in [-0.39, 0.29) is 4.21 Å². The van der Waals surface area contributed by atoms with E-state index in [9.17, 15) is 13.2 Å². The van der Waals surface area contributed by atoms with Crippen molar-refractivity contribution in [1.29, 1.82) is 0 Å². The summed E-state index contributed by atoms with van der Waals surface area (Å²) in [5, 5.41) is 0. The van der Waals surface area contributed by atoms with Crippen molar-refractivity contribution in [1.82, 2.24) is 4.31 Å². The fourth-order valence-electron chi connectivity index (χ4n) is 2.19. The first-order valence-electron chi connectivity index (χ1n) is 6.61. The van der Waals surface area contributed by atoms with Gasteiger partial charge in [0.15, 0.2) is 0 Å². The van der Waals surface area contributed by atoms with Crippen LogP contribution in [0.4, 0.5) is 0 Å². The van der Waals surface area contributed by atoms with Crippen molar-refractivity contribution in [2.75, 3.05) is 6.54 Å². The molecule has 1 aromatic heterocycles. The zero-order valence-corrected chi connectivity index (χ0v) is 15.3. The maximum atomic E-state index is 12.6. The molecule has 2 heterocycles. The van der Waals surface area contributed by atoms with Gasteiger partial charge in [0.05, 0.1) is 3.79 Å². The monoisotopic (exact) mass is 395 g/mol. The summed E-state index contributed by atoms with van der Waals surface area (Å²) in [4.78, 5) is 12.2. The molecule has 21 heavy (non-hydrogen) atoms. The van der Waals surface area contributed by atoms with Crippen molar-refractivity contribution >= 4 is 43.3 Å². The first-order valence-corrected chi connectivity index (χ1v) is 9.66. The van der Waals surface area contributed by atoms with Gasteiger partial charge in [-0.15, -0.1) is 11.3 Å². The van der Waals surface area contributed by atoms with Gasteiger partial charge in [-0.25, -0.2) is 8.42 Å². The quantitative estimate of drug-likeness (QED) is 0.737. The van der Waals surface area contributed by atoms with E-state index in [1.807, 2.05) is 0 Å². The van der Waals surface area contributed by atoms with E-state index in [1.165, 1.54) is 4.31 Å². The standard InChI is InChI=1S/C13H18BrNO4S2/c1-13(2,3)19-12(16)9-5-4-8-15(9)21(17,18)11-7-6-10(14)20-11/h6-7,9H,4-5,8H2,1-3H3/t9-/m1/s1. The highest BCUT2D eigenvalue weighted by atomic mass is 79.9. The topological polar surface area (TPSA) is 63.7 Å². The number of carbonyl (C=O) groups is 1. The van der Waals surface area contributed by atoms with E-state index in [2.05, 4.69) is 15.9 Å². The lowest BCUT2D eigenvalue weighted by molar-refractivity contribution is -0.158. The summed E-state index contributed by atoms with van der Waals surface area (Å²) in [5.74, 6) is -0.473. The van der Waals surface area contributed by atoms with Crippen LogP contribution >= 0.6 is 27.3 Å². The van der Waals surface area contributed by atoms with Crippen LogP contribution in [-0.4, -0.2) is 36.9 Å². The van der Waals surface area contributed by atoms with Gasteiger partial charge < -0.3 is 4.74 Å². The first-order chi connectivity index (χ1) is 9.61. The third-order valence-electron chi connectivity index (χ3n) is 2.99. The lowest BCUT2D eigenvalue weighted by Crippen LogP contribution is -2.43. The Morgan fingerprint density at radius 2 is 2.10 bits per heavy atom. The molecule has 0 N–H and O–H groups in total. The van der Waals surface area contributed by atoms with Crippen molar-refractivity contribution in [3.05, 3.63) is 15.9 Å². The molecule has 0 saturated carbocycles. The average molecular weight is 396 g/mol. The van der Waals surface area contributed by atoms with Gasteiger partial charge >= 0.3 is 5.97 Å². The van der Waals surface area contributed by atoms with Gasteiger partial charge in [0, 0.05) is 6.54 Å².